The number of phenols is 1. The van der Waals surface area contributed by atoms with Gasteiger partial charge in [-0.1, -0.05) is 12.1 Å². The average molecular weight is 584 g/mol. The number of hydrogen-bond acceptors (Lipinski definition) is 9. The van der Waals surface area contributed by atoms with E-state index in [1.165, 1.54) is 36.4 Å². The zero-order chi connectivity index (χ0) is 27.1. The van der Waals surface area contributed by atoms with Crippen LogP contribution in [0.4, 0.5) is 17.1 Å². The number of phenolic OH excluding ortho intramolecular Hbond substituents is 1. The van der Waals surface area contributed by atoms with Gasteiger partial charge in [-0.2, -0.15) is 0 Å². The summed E-state index contributed by atoms with van der Waals surface area (Å²) < 4.78 is 11.1. The molecule has 3 aromatic rings. The van der Waals surface area contributed by atoms with Crippen molar-refractivity contribution < 1.29 is 33.9 Å². The monoisotopic (exact) mass is 583 g/mol. The first kappa shape index (κ1) is 25.5. The molecule has 11 nitrogen and oxygen atoms in total. The molecular weight excluding hydrogens is 562 g/mol. The van der Waals surface area contributed by atoms with Gasteiger partial charge >= 0.3 is 0 Å². The van der Waals surface area contributed by atoms with E-state index in [1.54, 1.807) is 36.4 Å². The standard InChI is InChI=1S/C26H22BrN3O8/c1-3-37-18-9-5-6-15(13-18)28-25(32)21-22(14-10-19(27)23(31)20(11-14)36-2)29(38-24(21)26(28)33)16-7-4-8-17(12-16)30(34)35/h4-13,21-22,24,31H,3H2,1-2H3/t21-,22+,24+/m1/s1. The summed E-state index contributed by atoms with van der Waals surface area (Å²) in [5.41, 5.74) is 0.927. The molecule has 2 aliphatic heterocycles. The fraction of sp³-hybridized carbons (Fsp3) is 0.231. The van der Waals surface area contributed by atoms with Crippen LogP contribution in [-0.2, 0) is 14.4 Å². The molecule has 0 aliphatic carbocycles. The number of carbonyl (C=O) groups is 2. The molecule has 196 valence electrons. The molecule has 1 N–H and O–H groups in total. The van der Waals surface area contributed by atoms with Crippen LogP contribution in [0.2, 0.25) is 0 Å². The molecule has 38 heavy (non-hydrogen) atoms. The summed E-state index contributed by atoms with van der Waals surface area (Å²) in [4.78, 5) is 45.5. The van der Waals surface area contributed by atoms with Crippen LogP contribution in [0.15, 0.2) is 65.1 Å². The van der Waals surface area contributed by atoms with Crippen LogP contribution in [0.5, 0.6) is 17.2 Å². The lowest BCUT2D eigenvalue weighted by atomic mass is 9.90. The molecule has 2 saturated heterocycles. The number of imide groups is 1. The number of ether oxygens (including phenoxy) is 2. The topological polar surface area (TPSA) is 132 Å². The predicted octanol–water partition coefficient (Wildman–Crippen LogP) is 4.52. The number of halogens is 1. The quantitative estimate of drug-likeness (QED) is 0.242. The van der Waals surface area contributed by atoms with Gasteiger partial charge in [0.25, 0.3) is 11.6 Å². The van der Waals surface area contributed by atoms with E-state index < -0.39 is 34.8 Å². The van der Waals surface area contributed by atoms with E-state index in [2.05, 4.69) is 15.9 Å². The van der Waals surface area contributed by atoms with Crippen LogP contribution in [-0.4, -0.2) is 41.7 Å². The van der Waals surface area contributed by atoms with Crippen LogP contribution >= 0.6 is 15.9 Å². The molecule has 2 fully saturated rings. The Kier molecular flexibility index (Phi) is 6.67. The van der Waals surface area contributed by atoms with E-state index in [4.69, 9.17) is 14.3 Å². The number of hydroxylamine groups is 1. The number of nitro benzene ring substituents is 1. The highest BCUT2D eigenvalue weighted by Gasteiger charge is 2.60. The third-order valence-corrected chi connectivity index (χ3v) is 7.01. The molecule has 0 bridgehead atoms. The smallest absolute Gasteiger partial charge is 0.271 e. The normalized spacial score (nSPS) is 20.6. The van der Waals surface area contributed by atoms with Gasteiger partial charge in [-0.15, -0.1) is 0 Å². The average Bonchev–Trinajstić information content (AvgIpc) is 3.41. The Morgan fingerprint density at radius 3 is 2.53 bits per heavy atom. The van der Waals surface area contributed by atoms with Gasteiger partial charge < -0.3 is 14.6 Å². The van der Waals surface area contributed by atoms with Gasteiger partial charge in [0.05, 0.1) is 40.5 Å². The van der Waals surface area contributed by atoms with E-state index in [1.807, 2.05) is 6.92 Å². The number of amides is 2. The number of aromatic hydroxyl groups is 1. The van der Waals surface area contributed by atoms with Gasteiger partial charge in [0.2, 0.25) is 5.91 Å². The minimum absolute atomic E-state index is 0.134. The number of anilines is 2. The molecular formula is C26H22BrN3O8. The van der Waals surface area contributed by atoms with E-state index in [0.29, 0.717) is 28.1 Å². The number of non-ortho nitro benzene ring substituents is 1. The first-order valence-electron chi connectivity index (χ1n) is 11.6. The third kappa shape index (κ3) is 4.21. The minimum atomic E-state index is -1.19. The molecule has 0 spiro atoms. The fourth-order valence-electron chi connectivity index (χ4n) is 4.77. The number of fused-ring (bicyclic) bond motifs is 1. The van der Waals surface area contributed by atoms with Crippen LogP contribution < -0.4 is 19.4 Å². The van der Waals surface area contributed by atoms with Crippen molar-refractivity contribution >= 4 is 44.8 Å². The first-order valence-corrected chi connectivity index (χ1v) is 12.4. The summed E-state index contributed by atoms with van der Waals surface area (Å²) in [6.07, 6.45) is -1.19. The molecule has 5 rings (SSSR count). The number of nitrogens with zero attached hydrogens (tertiary/aromatic N) is 3. The van der Waals surface area contributed by atoms with Gasteiger partial charge in [-0.25, -0.2) is 9.96 Å². The summed E-state index contributed by atoms with van der Waals surface area (Å²) in [6, 6.07) is 14.6. The SMILES string of the molecule is CCOc1cccc(N2C(=O)[C@H]3[C@H](ON(c4cccc([N+](=O)[O-])c4)[C@H]3c3cc(Br)c(O)c(OC)c3)C2=O)c1. The number of methoxy groups -OCH3 is 1. The van der Waals surface area contributed by atoms with E-state index in [-0.39, 0.29) is 22.9 Å². The fourth-order valence-corrected chi connectivity index (χ4v) is 5.23. The van der Waals surface area contributed by atoms with Gasteiger partial charge in [0.1, 0.15) is 11.7 Å². The van der Waals surface area contributed by atoms with Crippen molar-refractivity contribution in [1.29, 1.82) is 0 Å². The molecule has 3 aromatic carbocycles. The number of benzene rings is 3. The van der Waals surface area contributed by atoms with Crippen molar-refractivity contribution in [3.8, 4) is 17.2 Å². The van der Waals surface area contributed by atoms with Crippen molar-refractivity contribution in [2.45, 2.75) is 19.1 Å². The molecule has 12 heteroatoms. The maximum Gasteiger partial charge on any atom is 0.271 e. The van der Waals surface area contributed by atoms with E-state index >= 15 is 0 Å². The Labute approximate surface area is 225 Å². The number of carbonyl (C=O) groups excluding carboxylic acids is 2. The van der Waals surface area contributed by atoms with Gasteiger partial charge in [0.15, 0.2) is 17.6 Å². The minimum Gasteiger partial charge on any atom is -0.503 e. The number of hydrogen-bond donors (Lipinski definition) is 1. The lowest BCUT2D eigenvalue weighted by Crippen LogP contribution is -2.37. The molecule has 0 aromatic heterocycles. The predicted molar refractivity (Wildman–Crippen MR) is 139 cm³/mol. The molecule has 2 heterocycles. The molecule has 0 saturated carbocycles. The van der Waals surface area contributed by atoms with E-state index in [9.17, 15) is 24.8 Å². The van der Waals surface area contributed by atoms with Crippen molar-refractivity contribution in [2.24, 2.45) is 5.92 Å². The first-order chi connectivity index (χ1) is 18.2. The number of nitro groups is 1. The maximum absolute atomic E-state index is 13.9. The van der Waals surface area contributed by atoms with Crippen molar-refractivity contribution in [3.63, 3.8) is 0 Å². The Morgan fingerprint density at radius 1 is 1.08 bits per heavy atom. The van der Waals surface area contributed by atoms with Crippen LogP contribution in [0.3, 0.4) is 0 Å². The van der Waals surface area contributed by atoms with Crippen LogP contribution in [0.25, 0.3) is 0 Å². The number of rotatable bonds is 7. The lowest BCUT2D eigenvalue weighted by Gasteiger charge is -2.29. The van der Waals surface area contributed by atoms with Gasteiger partial charge in [-0.3, -0.25) is 24.5 Å². The molecule has 2 aliphatic rings. The van der Waals surface area contributed by atoms with Gasteiger partial charge in [-0.05, 0) is 58.7 Å². The largest absolute Gasteiger partial charge is 0.503 e. The van der Waals surface area contributed by atoms with Crippen molar-refractivity contribution in [3.05, 3.63) is 80.8 Å². The summed E-state index contributed by atoms with van der Waals surface area (Å²) in [7, 11) is 1.38. The Balaban J connectivity index is 1.62. The maximum atomic E-state index is 13.9. The van der Waals surface area contributed by atoms with Crippen LogP contribution in [0.1, 0.15) is 18.5 Å². The zero-order valence-corrected chi connectivity index (χ0v) is 21.8. The second-order valence-electron chi connectivity index (χ2n) is 8.60. The van der Waals surface area contributed by atoms with Crippen molar-refractivity contribution in [2.75, 3.05) is 23.7 Å². The summed E-state index contributed by atoms with van der Waals surface area (Å²) in [6.45, 7) is 2.24. The highest BCUT2D eigenvalue weighted by molar-refractivity contribution is 9.10. The molecule has 0 radical (unpaired) electrons. The highest BCUT2D eigenvalue weighted by atomic mass is 79.9. The Bertz CT molecular complexity index is 1450. The second-order valence-corrected chi connectivity index (χ2v) is 9.45. The Hall–Kier alpha value is -4.16. The third-order valence-electron chi connectivity index (χ3n) is 6.41. The van der Waals surface area contributed by atoms with Gasteiger partial charge in [0, 0.05) is 18.2 Å². The summed E-state index contributed by atoms with van der Waals surface area (Å²) in [5.74, 6) is -1.58. The van der Waals surface area contributed by atoms with Crippen molar-refractivity contribution in [1.82, 2.24) is 0 Å². The zero-order valence-electron chi connectivity index (χ0n) is 20.2. The molecule has 0 unspecified atom stereocenters. The summed E-state index contributed by atoms with van der Waals surface area (Å²) in [5, 5.41) is 23.1. The lowest BCUT2D eigenvalue weighted by molar-refractivity contribution is -0.384. The van der Waals surface area contributed by atoms with E-state index in [0.717, 1.165) is 4.90 Å². The molecule has 2 amide bonds. The highest BCUT2D eigenvalue weighted by Crippen LogP contribution is 2.50. The molecule has 3 atom stereocenters. The summed E-state index contributed by atoms with van der Waals surface area (Å²) >= 11 is 3.31. The second kappa shape index (κ2) is 9.95. The Morgan fingerprint density at radius 2 is 1.82 bits per heavy atom. The van der Waals surface area contributed by atoms with Crippen LogP contribution in [0, 0.1) is 16.0 Å².